The van der Waals surface area contributed by atoms with E-state index in [0.717, 1.165) is 35.6 Å². The van der Waals surface area contributed by atoms with Crippen molar-refractivity contribution >= 4 is 11.2 Å². The van der Waals surface area contributed by atoms with E-state index < -0.39 is 0 Å². The number of likely N-dealkylation sites (tertiary alicyclic amines) is 1. The molecule has 1 saturated heterocycles. The Morgan fingerprint density at radius 1 is 1.09 bits per heavy atom. The SMILES string of the molecule is CC(C)N1CCCC1n1c(-c2ccccn2)nc2cccnc21. The Kier molecular flexibility index (Phi) is 3.58. The highest BCUT2D eigenvalue weighted by molar-refractivity contribution is 5.76. The molecule has 5 heteroatoms. The third-order valence-electron chi connectivity index (χ3n) is 4.57. The highest BCUT2D eigenvalue weighted by atomic mass is 15.4. The van der Waals surface area contributed by atoms with E-state index in [9.17, 15) is 0 Å². The van der Waals surface area contributed by atoms with Crippen molar-refractivity contribution in [2.24, 2.45) is 0 Å². The zero-order valence-corrected chi connectivity index (χ0v) is 13.6. The van der Waals surface area contributed by atoms with Crippen LogP contribution < -0.4 is 0 Å². The molecule has 1 unspecified atom stereocenters. The second-order valence-electron chi connectivity index (χ2n) is 6.32. The lowest BCUT2D eigenvalue weighted by molar-refractivity contribution is 0.156. The van der Waals surface area contributed by atoms with Gasteiger partial charge in [0.2, 0.25) is 0 Å². The highest BCUT2D eigenvalue weighted by Crippen LogP contribution is 2.35. The molecular weight excluding hydrogens is 286 g/mol. The van der Waals surface area contributed by atoms with E-state index in [1.807, 2.05) is 42.7 Å². The third kappa shape index (κ3) is 2.41. The topological polar surface area (TPSA) is 46.8 Å². The normalized spacial score (nSPS) is 19.0. The largest absolute Gasteiger partial charge is 0.291 e. The fraction of sp³-hybridized carbons (Fsp3) is 0.389. The molecule has 0 aromatic carbocycles. The lowest BCUT2D eigenvalue weighted by atomic mass is 10.2. The molecule has 0 spiro atoms. The molecule has 1 atom stereocenters. The second-order valence-corrected chi connectivity index (χ2v) is 6.32. The molecule has 1 aliphatic heterocycles. The lowest BCUT2D eigenvalue weighted by Gasteiger charge is -2.30. The molecule has 0 aliphatic carbocycles. The molecular formula is C18H21N5. The Bertz CT molecular complexity index is 809. The van der Waals surface area contributed by atoms with Crippen molar-refractivity contribution in [1.29, 1.82) is 0 Å². The number of fused-ring (bicyclic) bond motifs is 1. The summed E-state index contributed by atoms with van der Waals surface area (Å²) in [6.45, 7) is 5.63. The van der Waals surface area contributed by atoms with Crippen LogP contribution in [0.15, 0.2) is 42.7 Å². The summed E-state index contributed by atoms with van der Waals surface area (Å²) >= 11 is 0. The molecule has 118 valence electrons. The minimum Gasteiger partial charge on any atom is -0.291 e. The van der Waals surface area contributed by atoms with Crippen LogP contribution in [0.5, 0.6) is 0 Å². The first kappa shape index (κ1) is 14.3. The van der Waals surface area contributed by atoms with Gasteiger partial charge in [0, 0.05) is 25.0 Å². The first-order valence-electron chi connectivity index (χ1n) is 8.26. The molecule has 0 amide bonds. The summed E-state index contributed by atoms with van der Waals surface area (Å²) in [5.74, 6) is 0.914. The Balaban J connectivity index is 1.93. The maximum absolute atomic E-state index is 4.83. The molecule has 0 radical (unpaired) electrons. The summed E-state index contributed by atoms with van der Waals surface area (Å²) in [4.78, 5) is 16.5. The maximum atomic E-state index is 4.83. The molecule has 1 fully saturated rings. The van der Waals surface area contributed by atoms with Gasteiger partial charge in [0.1, 0.15) is 11.2 Å². The monoisotopic (exact) mass is 307 g/mol. The summed E-state index contributed by atoms with van der Waals surface area (Å²) in [6.07, 6.45) is 6.29. The summed E-state index contributed by atoms with van der Waals surface area (Å²) < 4.78 is 2.28. The van der Waals surface area contributed by atoms with Crippen LogP contribution >= 0.6 is 0 Å². The standard InChI is InChI=1S/C18H21N5/c1-13(2)22-12-6-9-16(22)23-17-15(8-5-11-20-17)21-18(23)14-7-3-4-10-19-14/h3-5,7-8,10-11,13,16H,6,9,12H2,1-2H3. The van der Waals surface area contributed by atoms with Crippen LogP contribution in [0, 0.1) is 0 Å². The molecule has 4 heterocycles. The van der Waals surface area contributed by atoms with Gasteiger partial charge in [-0.1, -0.05) is 6.07 Å². The number of rotatable bonds is 3. The molecule has 0 bridgehead atoms. The predicted octanol–water partition coefficient (Wildman–Crippen LogP) is 3.50. The molecule has 0 saturated carbocycles. The average Bonchev–Trinajstić information content (AvgIpc) is 3.19. The predicted molar refractivity (Wildman–Crippen MR) is 90.9 cm³/mol. The van der Waals surface area contributed by atoms with Crippen molar-refractivity contribution in [3.63, 3.8) is 0 Å². The van der Waals surface area contributed by atoms with Crippen LogP contribution in [0.1, 0.15) is 32.9 Å². The van der Waals surface area contributed by atoms with Crippen LogP contribution in [0.2, 0.25) is 0 Å². The average molecular weight is 307 g/mol. The molecule has 3 aromatic rings. The first-order valence-corrected chi connectivity index (χ1v) is 8.26. The number of pyridine rings is 2. The van der Waals surface area contributed by atoms with Crippen molar-refractivity contribution in [3.05, 3.63) is 42.7 Å². The van der Waals surface area contributed by atoms with E-state index in [1.165, 1.54) is 6.42 Å². The number of imidazole rings is 1. The maximum Gasteiger partial charge on any atom is 0.162 e. The van der Waals surface area contributed by atoms with Gasteiger partial charge in [0.05, 0.1) is 6.17 Å². The van der Waals surface area contributed by atoms with Gasteiger partial charge in [-0.2, -0.15) is 0 Å². The van der Waals surface area contributed by atoms with E-state index in [2.05, 4.69) is 33.3 Å². The zero-order valence-electron chi connectivity index (χ0n) is 13.6. The summed E-state index contributed by atoms with van der Waals surface area (Å²) in [5.41, 5.74) is 2.79. The van der Waals surface area contributed by atoms with Crippen LogP contribution in [0.25, 0.3) is 22.7 Å². The van der Waals surface area contributed by atoms with Crippen LogP contribution in [0.4, 0.5) is 0 Å². The molecule has 23 heavy (non-hydrogen) atoms. The van der Waals surface area contributed by atoms with Gasteiger partial charge >= 0.3 is 0 Å². The Hall–Kier alpha value is -2.27. The Morgan fingerprint density at radius 3 is 2.74 bits per heavy atom. The fourth-order valence-electron chi connectivity index (χ4n) is 3.54. The molecule has 0 N–H and O–H groups in total. The second kappa shape index (κ2) is 5.74. The number of hydrogen-bond donors (Lipinski definition) is 0. The van der Waals surface area contributed by atoms with E-state index in [0.29, 0.717) is 12.2 Å². The Labute approximate surface area is 136 Å². The van der Waals surface area contributed by atoms with Crippen molar-refractivity contribution in [3.8, 4) is 11.5 Å². The van der Waals surface area contributed by atoms with Gasteiger partial charge in [-0.05, 0) is 51.0 Å². The summed E-state index contributed by atoms with van der Waals surface area (Å²) in [6, 6.07) is 10.4. The third-order valence-corrected chi connectivity index (χ3v) is 4.57. The van der Waals surface area contributed by atoms with Gasteiger partial charge in [-0.25, -0.2) is 9.97 Å². The lowest BCUT2D eigenvalue weighted by Crippen LogP contribution is -2.33. The van der Waals surface area contributed by atoms with E-state index in [-0.39, 0.29) is 0 Å². The number of nitrogens with zero attached hydrogens (tertiary/aromatic N) is 5. The zero-order chi connectivity index (χ0) is 15.8. The van der Waals surface area contributed by atoms with Crippen LogP contribution in [-0.4, -0.2) is 37.0 Å². The summed E-state index contributed by atoms with van der Waals surface area (Å²) in [7, 11) is 0. The molecule has 3 aromatic heterocycles. The van der Waals surface area contributed by atoms with E-state index in [1.54, 1.807) is 0 Å². The van der Waals surface area contributed by atoms with Crippen molar-refractivity contribution < 1.29 is 0 Å². The molecule has 4 rings (SSSR count). The van der Waals surface area contributed by atoms with Gasteiger partial charge < -0.3 is 0 Å². The number of hydrogen-bond acceptors (Lipinski definition) is 4. The van der Waals surface area contributed by atoms with Crippen LogP contribution in [-0.2, 0) is 0 Å². The number of aromatic nitrogens is 4. The summed E-state index contributed by atoms with van der Waals surface area (Å²) in [5, 5.41) is 0. The van der Waals surface area contributed by atoms with Crippen molar-refractivity contribution in [2.75, 3.05) is 6.54 Å². The smallest absolute Gasteiger partial charge is 0.162 e. The van der Waals surface area contributed by atoms with Crippen molar-refractivity contribution in [2.45, 2.75) is 38.9 Å². The van der Waals surface area contributed by atoms with E-state index in [4.69, 9.17) is 4.98 Å². The first-order chi connectivity index (χ1) is 11.3. The van der Waals surface area contributed by atoms with Gasteiger partial charge in [0.15, 0.2) is 11.5 Å². The van der Waals surface area contributed by atoms with E-state index >= 15 is 0 Å². The minimum absolute atomic E-state index is 0.298. The van der Waals surface area contributed by atoms with Crippen molar-refractivity contribution in [1.82, 2.24) is 24.4 Å². The van der Waals surface area contributed by atoms with Gasteiger partial charge in [0.25, 0.3) is 0 Å². The molecule has 1 aliphatic rings. The Morgan fingerprint density at radius 2 is 1.96 bits per heavy atom. The molecule has 5 nitrogen and oxygen atoms in total. The quantitative estimate of drug-likeness (QED) is 0.743. The minimum atomic E-state index is 0.298. The van der Waals surface area contributed by atoms with Gasteiger partial charge in [-0.3, -0.25) is 14.5 Å². The highest BCUT2D eigenvalue weighted by Gasteiger charge is 2.31. The fourth-order valence-corrected chi connectivity index (χ4v) is 3.54. The van der Waals surface area contributed by atoms with Gasteiger partial charge in [-0.15, -0.1) is 0 Å². The van der Waals surface area contributed by atoms with Crippen LogP contribution in [0.3, 0.4) is 0 Å².